The quantitative estimate of drug-likeness (QED) is 0.0321. The maximum atomic E-state index is 12.4. The maximum Gasteiger partial charge on any atom is 0.305 e. The van der Waals surface area contributed by atoms with E-state index in [4.69, 9.17) is 4.74 Å². The third-order valence-electron chi connectivity index (χ3n) is 12.7. The zero-order valence-corrected chi connectivity index (χ0v) is 41.6. The fourth-order valence-electron chi connectivity index (χ4n) is 8.50. The van der Waals surface area contributed by atoms with Gasteiger partial charge in [-0.05, 0) is 51.4 Å². The van der Waals surface area contributed by atoms with Gasteiger partial charge < -0.3 is 20.3 Å². The number of nitrogens with one attached hydrogen (secondary N) is 1. The first-order valence-corrected chi connectivity index (χ1v) is 27.6. The van der Waals surface area contributed by atoms with E-state index in [1.165, 1.54) is 212 Å². The predicted molar refractivity (Wildman–Crippen MR) is 269 cm³/mol. The molecule has 0 aromatic carbocycles. The third kappa shape index (κ3) is 47.8. The Bertz CT molecular complexity index is 966. The van der Waals surface area contributed by atoms with Gasteiger partial charge in [0.05, 0.1) is 25.4 Å². The largest absolute Gasteiger partial charge is 0.466 e. The standard InChI is InChI=1S/C56H107NO5/c1-3-5-7-9-11-13-14-26-30-34-38-42-46-50-56(61)62-51-47-43-39-35-31-28-25-23-21-19-17-15-16-18-20-22-24-27-29-33-37-41-45-49-55(60)57-53(52-58)54(59)48-44-40-36-32-12-10-8-6-4-2/h7,9,13-14,53-54,58-59H,3-6,8,10-12,15-52H2,1-2H3,(H,57,60)/b9-7-,14-13-. The Labute approximate surface area is 386 Å². The van der Waals surface area contributed by atoms with Crippen LogP contribution < -0.4 is 5.32 Å². The van der Waals surface area contributed by atoms with Gasteiger partial charge in [0.25, 0.3) is 0 Å². The van der Waals surface area contributed by atoms with Crippen molar-refractivity contribution >= 4 is 11.9 Å². The van der Waals surface area contributed by atoms with Crippen molar-refractivity contribution in [1.29, 1.82) is 0 Å². The van der Waals surface area contributed by atoms with Crippen LogP contribution in [0.25, 0.3) is 0 Å². The number of aliphatic hydroxyl groups is 2. The van der Waals surface area contributed by atoms with E-state index in [-0.39, 0.29) is 18.5 Å². The van der Waals surface area contributed by atoms with Crippen molar-refractivity contribution in [1.82, 2.24) is 5.32 Å². The molecular weight excluding hydrogens is 767 g/mol. The van der Waals surface area contributed by atoms with E-state index in [1.54, 1.807) is 0 Å². The number of hydrogen-bond acceptors (Lipinski definition) is 5. The van der Waals surface area contributed by atoms with Crippen LogP contribution in [-0.2, 0) is 14.3 Å². The van der Waals surface area contributed by atoms with Crippen LogP contribution in [0.3, 0.4) is 0 Å². The molecule has 0 aliphatic carbocycles. The van der Waals surface area contributed by atoms with Gasteiger partial charge in [0.15, 0.2) is 0 Å². The minimum absolute atomic E-state index is 0.00122. The zero-order chi connectivity index (χ0) is 45.1. The Balaban J connectivity index is 3.34. The molecule has 0 saturated heterocycles. The number of carbonyl (C=O) groups is 2. The van der Waals surface area contributed by atoms with Crippen LogP contribution in [0.15, 0.2) is 24.3 Å². The first-order valence-electron chi connectivity index (χ1n) is 27.6. The fraction of sp³-hybridized carbons (Fsp3) is 0.893. The average molecular weight is 874 g/mol. The Morgan fingerprint density at radius 1 is 0.452 bits per heavy atom. The van der Waals surface area contributed by atoms with E-state index >= 15 is 0 Å². The minimum Gasteiger partial charge on any atom is -0.466 e. The molecule has 2 unspecified atom stereocenters. The van der Waals surface area contributed by atoms with Gasteiger partial charge in [0, 0.05) is 12.8 Å². The number of rotatable bonds is 51. The summed E-state index contributed by atoms with van der Waals surface area (Å²) in [5.41, 5.74) is 0. The van der Waals surface area contributed by atoms with E-state index < -0.39 is 12.1 Å². The molecule has 0 radical (unpaired) electrons. The number of carbonyl (C=O) groups excluding carboxylic acids is 2. The molecule has 62 heavy (non-hydrogen) atoms. The average Bonchev–Trinajstić information content (AvgIpc) is 3.27. The molecule has 3 N–H and O–H groups in total. The van der Waals surface area contributed by atoms with Gasteiger partial charge in [-0.3, -0.25) is 9.59 Å². The number of esters is 1. The molecule has 0 aliphatic heterocycles. The Morgan fingerprint density at radius 2 is 0.839 bits per heavy atom. The molecule has 0 rings (SSSR count). The molecule has 0 saturated carbocycles. The highest BCUT2D eigenvalue weighted by Crippen LogP contribution is 2.17. The van der Waals surface area contributed by atoms with Crippen LogP contribution in [0.1, 0.15) is 296 Å². The number of hydrogen-bond donors (Lipinski definition) is 3. The summed E-state index contributed by atoms with van der Waals surface area (Å²) in [6.07, 6.45) is 61.8. The van der Waals surface area contributed by atoms with Crippen LogP contribution in [0, 0.1) is 0 Å². The lowest BCUT2D eigenvalue weighted by atomic mass is 10.0. The Morgan fingerprint density at radius 3 is 1.29 bits per heavy atom. The lowest BCUT2D eigenvalue weighted by Gasteiger charge is -2.22. The van der Waals surface area contributed by atoms with E-state index in [0.717, 1.165) is 51.4 Å². The number of unbranched alkanes of at least 4 members (excludes halogenated alkanes) is 36. The molecule has 1 amide bonds. The second-order valence-corrected chi connectivity index (χ2v) is 18.9. The molecule has 366 valence electrons. The second-order valence-electron chi connectivity index (χ2n) is 18.9. The summed E-state index contributed by atoms with van der Waals surface area (Å²) in [6, 6.07) is -0.538. The number of allylic oxidation sites excluding steroid dienone is 4. The molecule has 6 heteroatoms. The summed E-state index contributed by atoms with van der Waals surface area (Å²) in [5.74, 6) is -0.0380. The normalized spacial score (nSPS) is 12.8. The van der Waals surface area contributed by atoms with Gasteiger partial charge in [-0.1, -0.05) is 256 Å². The highest BCUT2D eigenvalue weighted by atomic mass is 16.5. The number of amides is 1. The predicted octanol–water partition coefficient (Wildman–Crippen LogP) is 16.7. The first kappa shape index (κ1) is 60.3. The van der Waals surface area contributed by atoms with Crippen molar-refractivity contribution in [3.8, 4) is 0 Å². The smallest absolute Gasteiger partial charge is 0.305 e. The summed E-state index contributed by atoms with van der Waals surface area (Å²) in [6.45, 7) is 4.87. The van der Waals surface area contributed by atoms with Crippen molar-refractivity contribution in [2.45, 2.75) is 309 Å². The molecule has 0 fully saturated rings. The summed E-state index contributed by atoms with van der Waals surface area (Å²) in [5, 5.41) is 23.1. The van der Waals surface area contributed by atoms with Gasteiger partial charge in [-0.15, -0.1) is 0 Å². The molecule has 0 heterocycles. The molecular formula is C56H107NO5. The minimum atomic E-state index is -0.661. The highest BCUT2D eigenvalue weighted by molar-refractivity contribution is 5.76. The second kappa shape index (κ2) is 52.0. The molecule has 0 aliphatic rings. The molecule has 6 nitrogen and oxygen atoms in total. The van der Waals surface area contributed by atoms with Gasteiger partial charge in [0.2, 0.25) is 5.91 Å². The van der Waals surface area contributed by atoms with Gasteiger partial charge >= 0.3 is 5.97 Å². The van der Waals surface area contributed by atoms with Crippen molar-refractivity contribution in [3.05, 3.63) is 24.3 Å². The summed E-state index contributed by atoms with van der Waals surface area (Å²) < 4.78 is 5.46. The maximum absolute atomic E-state index is 12.4. The third-order valence-corrected chi connectivity index (χ3v) is 12.7. The van der Waals surface area contributed by atoms with Gasteiger partial charge in [-0.2, -0.15) is 0 Å². The van der Waals surface area contributed by atoms with E-state index in [9.17, 15) is 19.8 Å². The van der Waals surface area contributed by atoms with Crippen LogP contribution in [0.2, 0.25) is 0 Å². The van der Waals surface area contributed by atoms with Crippen molar-refractivity contribution in [2.24, 2.45) is 0 Å². The van der Waals surface area contributed by atoms with Gasteiger partial charge in [0.1, 0.15) is 0 Å². The fourth-order valence-corrected chi connectivity index (χ4v) is 8.50. The lowest BCUT2D eigenvalue weighted by molar-refractivity contribution is -0.143. The van der Waals surface area contributed by atoms with Crippen LogP contribution in [0.4, 0.5) is 0 Å². The van der Waals surface area contributed by atoms with Crippen LogP contribution in [-0.4, -0.2) is 47.4 Å². The Kier molecular flexibility index (Phi) is 50.6. The lowest BCUT2D eigenvalue weighted by Crippen LogP contribution is -2.45. The molecule has 2 atom stereocenters. The monoisotopic (exact) mass is 874 g/mol. The van der Waals surface area contributed by atoms with E-state index in [0.29, 0.717) is 25.9 Å². The van der Waals surface area contributed by atoms with E-state index in [1.807, 2.05) is 0 Å². The SMILES string of the molecule is CCC/C=C\C/C=C\CCCCCCCC(=O)OCCCCCCCCCCCCCCCCCCCCCCCCCC(=O)NC(CO)C(O)CCCCCCCCCCC. The summed E-state index contributed by atoms with van der Waals surface area (Å²) in [7, 11) is 0. The summed E-state index contributed by atoms with van der Waals surface area (Å²) >= 11 is 0. The summed E-state index contributed by atoms with van der Waals surface area (Å²) in [4.78, 5) is 24.4. The van der Waals surface area contributed by atoms with Crippen LogP contribution >= 0.6 is 0 Å². The molecule has 0 bridgehead atoms. The topological polar surface area (TPSA) is 95.9 Å². The Hall–Kier alpha value is -1.66. The van der Waals surface area contributed by atoms with E-state index in [2.05, 4.69) is 43.5 Å². The molecule has 0 aromatic rings. The van der Waals surface area contributed by atoms with Crippen molar-refractivity contribution in [2.75, 3.05) is 13.2 Å². The van der Waals surface area contributed by atoms with Crippen molar-refractivity contribution < 1.29 is 24.5 Å². The zero-order valence-electron chi connectivity index (χ0n) is 41.6. The van der Waals surface area contributed by atoms with Gasteiger partial charge in [-0.25, -0.2) is 0 Å². The number of aliphatic hydroxyl groups excluding tert-OH is 2. The molecule has 0 spiro atoms. The van der Waals surface area contributed by atoms with Crippen LogP contribution in [0.5, 0.6) is 0 Å². The highest BCUT2D eigenvalue weighted by Gasteiger charge is 2.20. The van der Waals surface area contributed by atoms with Crippen molar-refractivity contribution in [3.63, 3.8) is 0 Å². The molecule has 0 aromatic heterocycles. The number of ether oxygens (including phenoxy) is 1. The first-order chi connectivity index (χ1) is 30.5.